The molecule has 2 heteroatoms. The summed E-state index contributed by atoms with van der Waals surface area (Å²) in [4.78, 5) is 0. The van der Waals surface area contributed by atoms with Crippen molar-refractivity contribution in [2.24, 2.45) is 0 Å². The molecule has 0 amide bonds. The summed E-state index contributed by atoms with van der Waals surface area (Å²) in [5, 5.41) is 2.47. The fraction of sp³-hybridized carbons (Fsp3) is 0.154. The van der Waals surface area contributed by atoms with Gasteiger partial charge in [0.05, 0.1) is 0 Å². The van der Waals surface area contributed by atoms with Crippen LogP contribution in [0.4, 0.5) is 0 Å². The number of hydrogen-bond acceptors (Lipinski definition) is 1. The van der Waals surface area contributed by atoms with Crippen molar-refractivity contribution in [3.8, 4) is 5.75 Å². The van der Waals surface area contributed by atoms with Crippen LogP contribution in [-0.4, -0.2) is 6.61 Å². The molecule has 0 fully saturated rings. The predicted octanol–water partition coefficient (Wildman–Crippen LogP) is 3.44. The van der Waals surface area contributed by atoms with Crippen molar-refractivity contribution in [3.05, 3.63) is 48.9 Å². The molecule has 1 nitrogen and oxygen atoms in total. The first-order chi connectivity index (χ1) is 6.90. The molecule has 0 unspecified atom stereocenters. The molecule has 0 saturated carbocycles. The van der Waals surface area contributed by atoms with Crippen molar-refractivity contribution in [3.63, 3.8) is 0 Å². The smallest absolute Gasteiger partial charge is 0.115 e. The fourth-order valence-electron chi connectivity index (χ4n) is 1.44. The molecule has 0 N–H and O–H groups in total. The van der Waals surface area contributed by atoms with Crippen molar-refractivity contribution in [1.82, 2.24) is 0 Å². The molecule has 0 saturated heterocycles. The summed E-state index contributed by atoms with van der Waals surface area (Å²) in [5.41, 5.74) is 0. The van der Waals surface area contributed by atoms with E-state index in [1.165, 1.54) is 10.8 Å². The van der Waals surface area contributed by atoms with Crippen LogP contribution < -0.4 is 4.74 Å². The molecule has 0 bridgehead atoms. The van der Waals surface area contributed by atoms with E-state index in [1.54, 1.807) is 0 Å². The summed E-state index contributed by atoms with van der Waals surface area (Å²) in [6, 6.07) is 14.4. The van der Waals surface area contributed by atoms with Crippen LogP contribution in [0.1, 0.15) is 6.92 Å². The second kappa shape index (κ2) is 5.78. The summed E-state index contributed by atoms with van der Waals surface area (Å²) < 4.78 is 5.51. The topological polar surface area (TPSA) is 9.23 Å². The molecule has 0 atom stereocenters. The average molecular weight is 244 g/mol. The Labute approximate surface area is 101 Å². The summed E-state index contributed by atoms with van der Waals surface area (Å²) in [6.07, 6.45) is 2.00. The fourth-order valence-corrected chi connectivity index (χ4v) is 1.44. The van der Waals surface area contributed by atoms with E-state index in [0.717, 1.165) is 5.75 Å². The first-order valence-electron chi connectivity index (χ1n) is 4.79. The molecule has 15 heavy (non-hydrogen) atoms. The predicted molar refractivity (Wildman–Crippen MR) is 59.4 cm³/mol. The molecule has 81 valence electrons. The summed E-state index contributed by atoms with van der Waals surface area (Å²) in [5.74, 6) is 0.932. The van der Waals surface area contributed by atoms with Gasteiger partial charge in [0.25, 0.3) is 0 Å². The Bertz CT molecular complexity index is 426. The molecule has 0 aliphatic heterocycles. The largest absolute Gasteiger partial charge is 0.525 e. The van der Waals surface area contributed by atoms with Crippen molar-refractivity contribution >= 4 is 10.8 Å². The minimum atomic E-state index is 0. The molecular formula is C13H13CoO-. The molecule has 0 aliphatic rings. The second-order valence-electron chi connectivity index (χ2n) is 3.23. The van der Waals surface area contributed by atoms with Crippen LogP contribution in [0, 0.1) is 6.42 Å². The first-order valence-corrected chi connectivity index (χ1v) is 4.79. The molecule has 0 spiro atoms. The van der Waals surface area contributed by atoms with Crippen LogP contribution in [0.15, 0.2) is 42.5 Å². The molecule has 2 rings (SSSR count). The van der Waals surface area contributed by atoms with Crippen molar-refractivity contribution in [2.75, 3.05) is 6.61 Å². The van der Waals surface area contributed by atoms with Crippen molar-refractivity contribution < 1.29 is 21.5 Å². The van der Waals surface area contributed by atoms with E-state index in [2.05, 4.69) is 24.3 Å². The Morgan fingerprint density at radius 2 is 1.80 bits per heavy atom. The van der Waals surface area contributed by atoms with E-state index in [0.29, 0.717) is 6.61 Å². The summed E-state index contributed by atoms with van der Waals surface area (Å²) in [6.45, 7) is 2.65. The van der Waals surface area contributed by atoms with E-state index in [9.17, 15) is 0 Å². The number of fused-ring (bicyclic) bond motifs is 1. The van der Waals surface area contributed by atoms with Gasteiger partial charge in [-0.1, -0.05) is 30.3 Å². The molecule has 0 aliphatic carbocycles. The SMILES string of the molecule is C[CH-]COc1ccc2ccccc2c1.[Co]. The van der Waals surface area contributed by atoms with Gasteiger partial charge in [-0.3, -0.25) is 6.42 Å². The molecular weight excluding hydrogens is 231 g/mol. The van der Waals surface area contributed by atoms with E-state index in [4.69, 9.17) is 4.74 Å². The van der Waals surface area contributed by atoms with Crippen LogP contribution >= 0.6 is 0 Å². The Morgan fingerprint density at radius 1 is 1.07 bits per heavy atom. The molecule has 2 aromatic rings. The minimum absolute atomic E-state index is 0. The molecule has 0 aromatic heterocycles. The van der Waals surface area contributed by atoms with E-state index in [1.807, 2.05) is 31.5 Å². The van der Waals surface area contributed by atoms with Crippen LogP contribution in [0.25, 0.3) is 10.8 Å². The van der Waals surface area contributed by atoms with Crippen LogP contribution in [-0.2, 0) is 16.8 Å². The molecule has 1 radical (unpaired) electrons. The minimum Gasteiger partial charge on any atom is -0.525 e. The number of rotatable bonds is 3. The van der Waals surface area contributed by atoms with Gasteiger partial charge in [0.15, 0.2) is 0 Å². The summed E-state index contributed by atoms with van der Waals surface area (Å²) in [7, 11) is 0. The maximum absolute atomic E-state index is 5.51. The molecule has 0 heterocycles. The van der Waals surface area contributed by atoms with Crippen LogP contribution in [0.2, 0.25) is 0 Å². The zero-order valence-electron chi connectivity index (χ0n) is 8.57. The molecule has 2 aromatic carbocycles. The van der Waals surface area contributed by atoms with Crippen molar-refractivity contribution in [1.29, 1.82) is 0 Å². The third-order valence-corrected chi connectivity index (χ3v) is 2.14. The van der Waals surface area contributed by atoms with Gasteiger partial charge in [0, 0.05) is 16.8 Å². The third-order valence-electron chi connectivity index (χ3n) is 2.14. The van der Waals surface area contributed by atoms with Gasteiger partial charge in [-0.2, -0.15) is 6.92 Å². The Balaban J connectivity index is 0.00000112. The standard InChI is InChI=1S/C13H13O.Co/c1-2-9-14-13-8-7-11-5-3-4-6-12(11)10-13;/h2-8,10H,9H2,1H3;/q-1;. The number of ether oxygens (including phenoxy) is 1. The summed E-state index contributed by atoms with van der Waals surface area (Å²) >= 11 is 0. The van der Waals surface area contributed by atoms with Crippen LogP contribution in [0.3, 0.4) is 0 Å². The zero-order chi connectivity index (χ0) is 9.80. The van der Waals surface area contributed by atoms with Gasteiger partial charge in [0.1, 0.15) is 5.75 Å². The normalized spacial score (nSPS) is 9.67. The van der Waals surface area contributed by atoms with Gasteiger partial charge >= 0.3 is 0 Å². The van der Waals surface area contributed by atoms with Crippen LogP contribution in [0.5, 0.6) is 5.75 Å². The Hall–Kier alpha value is -0.994. The van der Waals surface area contributed by atoms with Gasteiger partial charge in [-0.15, -0.1) is 0 Å². The van der Waals surface area contributed by atoms with Gasteiger partial charge in [-0.05, 0) is 29.5 Å². The first kappa shape index (κ1) is 12.1. The maximum Gasteiger partial charge on any atom is 0.115 e. The van der Waals surface area contributed by atoms with E-state index >= 15 is 0 Å². The second-order valence-corrected chi connectivity index (χ2v) is 3.23. The third kappa shape index (κ3) is 2.98. The zero-order valence-corrected chi connectivity index (χ0v) is 9.61. The number of hydrogen-bond donors (Lipinski definition) is 0. The van der Waals surface area contributed by atoms with Gasteiger partial charge < -0.3 is 4.74 Å². The van der Waals surface area contributed by atoms with Gasteiger partial charge in [0.2, 0.25) is 0 Å². The Morgan fingerprint density at radius 3 is 2.53 bits per heavy atom. The van der Waals surface area contributed by atoms with E-state index < -0.39 is 0 Å². The van der Waals surface area contributed by atoms with Crippen molar-refractivity contribution in [2.45, 2.75) is 6.92 Å². The Kier molecular flexibility index (Phi) is 4.66. The monoisotopic (exact) mass is 244 g/mol. The quantitative estimate of drug-likeness (QED) is 0.751. The number of benzene rings is 2. The maximum atomic E-state index is 5.51. The van der Waals surface area contributed by atoms with E-state index in [-0.39, 0.29) is 16.8 Å². The van der Waals surface area contributed by atoms with Gasteiger partial charge in [-0.25, -0.2) is 0 Å². The average Bonchev–Trinajstić information content (AvgIpc) is 2.26.